The Morgan fingerprint density at radius 2 is 2.06 bits per heavy atom. The molecule has 0 spiro atoms. The van der Waals surface area contributed by atoms with Gasteiger partial charge in [0.1, 0.15) is 5.75 Å². The molecule has 0 aliphatic rings. The number of aryl methyl sites for hydroxylation is 1. The number of para-hydroxylation sites is 1. The van der Waals surface area contributed by atoms with Crippen LogP contribution in [0.2, 0.25) is 0 Å². The number of hydrogen-bond donors (Lipinski definition) is 1. The second-order valence-electron chi connectivity index (χ2n) is 5.23. The molecule has 2 heteroatoms. The quantitative estimate of drug-likeness (QED) is 0.705. The van der Waals surface area contributed by atoms with Gasteiger partial charge in [0.15, 0.2) is 0 Å². The van der Waals surface area contributed by atoms with Crippen LogP contribution in [-0.2, 0) is 6.54 Å². The molecule has 2 nitrogen and oxygen atoms in total. The molecule has 0 amide bonds. The molecule has 0 saturated carbocycles. The Balaban J connectivity index is 2.56. The molecule has 0 aromatic heterocycles. The molecule has 102 valence electrons. The van der Waals surface area contributed by atoms with Gasteiger partial charge >= 0.3 is 0 Å². The topological polar surface area (TPSA) is 21.3 Å². The minimum atomic E-state index is 0.756. The van der Waals surface area contributed by atoms with Gasteiger partial charge in [-0.1, -0.05) is 39.0 Å². The van der Waals surface area contributed by atoms with E-state index in [0.717, 1.165) is 37.8 Å². The summed E-state index contributed by atoms with van der Waals surface area (Å²) < 4.78 is 5.98. The van der Waals surface area contributed by atoms with Crippen molar-refractivity contribution in [3.63, 3.8) is 0 Å². The largest absolute Gasteiger partial charge is 0.493 e. The van der Waals surface area contributed by atoms with Crippen molar-refractivity contribution in [2.45, 2.75) is 47.1 Å². The zero-order chi connectivity index (χ0) is 13.4. The van der Waals surface area contributed by atoms with Crippen molar-refractivity contribution in [3.05, 3.63) is 29.3 Å². The van der Waals surface area contributed by atoms with Crippen LogP contribution in [0.3, 0.4) is 0 Å². The number of ether oxygens (including phenoxy) is 1. The predicted molar refractivity (Wildman–Crippen MR) is 78.1 cm³/mol. The van der Waals surface area contributed by atoms with Gasteiger partial charge in [-0.3, -0.25) is 0 Å². The second-order valence-corrected chi connectivity index (χ2v) is 5.23. The van der Waals surface area contributed by atoms with Gasteiger partial charge in [0.25, 0.3) is 0 Å². The molecule has 1 aromatic carbocycles. The smallest absolute Gasteiger partial charge is 0.126 e. The fourth-order valence-corrected chi connectivity index (χ4v) is 1.98. The summed E-state index contributed by atoms with van der Waals surface area (Å²) in [4.78, 5) is 0. The van der Waals surface area contributed by atoms with E-state index in [2.05, 4.69) is 51.2 Å². The molecule has 0 radical (unpaired) electrons. The monoisotopic (exact) mass is 249 g/mol. The molecule has 0 fully saturated rings. The normalized spacial score (nSPS) is 10.9. The number of rotatable bonds is 8. The third-order valence-electron chi connectivity index (χ3n) is 3.03. The van der Waals surface area contributed by atoms with Gasteiger partial charge in [0.05, 0.1) is 6.61 Å². The average Bonchev–Trinajstić information content (AvgIpc) is 2.33. The minimum absolute atomic E-state index is 0.756. The van der Waals surface area contributed by atoms with Crippen molar-refractivity contribution >= 4 is 0 Å². The molecule has 18 heavy (non-hydrogen) atoms. The standard InChI is InChI=1S/C16H27NO/c1-5-17-12-15-10-6-9-14(4)16(15)18-11-7-8-13(2)3/h6,9-10,13,17H,5,7-8,11-12H2,1-4H3. The van der Waals surface area contributed by atoms with Gasteiger partial charge in [-0.05, 0) is 37.8 Å². The maximum atomic E-state index is 5.98. The first kappa shape index (κ1) is 15.0. The molecular formula is C16H27NO. The molecule has 1 aromatic rings. The van der Waals surface area contributed by atoms with Crippen LogP contribution >= 0.6 is 0 Å². The van der Waals surface area contributed by atoms with Crippen LogP contribution in [0, 0.1) is 12.8 Å². The van der Waals surface area contributed by atoms with E-state index in [1.54, 1.807) is 0 Å². The van der Waals surface area contributed by atoms with E-state index >= 15 is 0 Å². The molecule has 1 rings (SSSR count). The van der Waals surface area contributed by atoms with E-state index in [0.29, 0.717) is 0 Å². The Bertz CT molecular complexity index is 347. The summed E-state index contributed by atoms with van der Waals surface area (Å²) in [6.45, 7) is 11.4. The molecular weight excluding hydrogens is 222 g/mol. The Labute approximate surface area is 112 Å². The van der Waals surface area contributed by atoms with Gasteiger partial charge in [-0.15, -0.1) is 0 Å². The van der Waals surface area contributed by atoms with Crippen LogP contribution < -0.4 is 10.1 Å². The highest BCUT2D eigenvalue weighted by molar-refractivity contribution is 5.40. The molecule has 0 saturated heterocycles. The highest BCUT2D eigenvalue weighted by Crippen LogP contribution is 2.23. The number of nitrogens with one attached hydrogen (secondary N) is 1. The Hall–Kier alpha value is -1.02. The summed E-state index contributed by atoms with van der Waals surface area (Å²) in [6.07, 6.45) is 2.36. The summed E-state index contributed by atoms with van der Waals surface area (Å²) in [6, 6.07) is 6.36. The molecule has 0 heterocycles. The Kier molecular flexibility index (Phi) is 6.81. The minimum Gasteiger partial charge on any atom is -0.493 e. The van der Waals surface area contributed by atoms with E-state index in [1.165, 1.54) is 17.5 Å². The van der Waals surface area contributed by atoms with Gasteiger partial charge in [-0.2, -0.15) is 0 Å². The summed E-state index contributed by atoms with van der Waals surface area (Å²) >= 11 is 0. The van der Waals surface area contributed by atoms with Gasteiger partial charge in [0.2, 0.25) is 0 Å². The maximum absolute atomic E-state index is 5.98. The van der Waals surface area contributed by atoms with E-state index in [4.69, 9.17) is 4.74 Å². The molecule has 0 unspecified atom stereocenters. The third kappa shape index (κ3) is 5.09. The Morgan fingerprint density at radius 1 is 1.28 bits per heavy atom. The van der Waals surface area contributed by atoms with Crippen molar-refractivity contribution in [2.75, 3.05) is 13.2 Å². The molecule has 0 bridgehead atoms. The molecule has 1 N–H and O–H groups in total. The molecule has 0 aliphatic heterocycles. The van der Waals surface area contributed by atoms with Crippen molar-refractivity contribution < 1.29 is 4.74 Å². The lowest BCUT2D eigenvalue weighted by atomic mass is 10.1. The summed E-state index contributed by atoms with van der Waals surface area (Å²) in [7, 11) is 0. The van der Waals surface area contributed by atoms with Crippen LogP contribution in [0.15, 0.2) is 18.2 Å². The van der Waals surface area contributed by atoms with Crippen LogP contribution in [-0.4, -0.2) is 13.2 Å². The van der Waals surface area contributed by atoms with Crippen molar-refractivity contribution in [1.82, 2.24) is 5.32 Å². The summed E-state index contributed by atoms with van der Waals surface area (Å²) in [5, 5.41) is 3.36. The first-order chi connectivity index (χ1) is 8.65. The van der Waals surface area contributed by atoms with Crippen LogP contribution in [0.1, 0.15) is 44.7 Å². The number of benzene rings is 1. The lowest BCUT2D eigenvalue weighted by molar-refractivity contribution is 0.292. The van der Waals surface area contributed by atoms with Gasteiger partial charge < -0.3 is 10.1 Å². The van der Waals surface area contributed by atoms with E-state index < -0.39 is 0 Å². The molecule has 0 atom stereocenters. The summed E-state index contributed by atoms with van der Waals surface area (Å²) in [5.74, 6) is 1.83. The highest BCUT2D eigenvalue weighted by atomic mass is 16.5. The maximum Gasteiger partial charge on any atom is 0.126 e. The van der Waals surface area contributed by atoms with Crippen LogP contribution in [0.5, 0.6) is 5.75 Å². The lowest BCUT2D eigenvalue weighted by Crippen LogP contribution is -2.13. The fraction of sp³-hybridized carbons (Fsp3) is 0.625. The fourth-order valence-electron chi connectivity index (χ4n) is 1.98. The van der Waals surface area contributed by atoms with E-state index in [1.807, 2.05) is 0 Å². The lowest BCUT2D eigenvalue weighted by Gasteiger charge is -2.15. The van der Waals surface area contributed by atoms with Crippen molar-refractivity contribution in [1.29, 1.82) is 0 Å². The first-order valence-electron chi connectivity index (χ1n) is 7.07. The van der Waals surface area contributed by atoms with Crippen molar-refractivity contribution in [3.8, 4) is 5.75 Å². The molecule has 0 aliphatic carbocycles. The van der Waals surface area contributed by atoms with Crippen LogP contribution in [0.4, 0.5) is 0 Å². The zero-order valence-electron chi connectivity index (χ0n) is 12.3. The van der Waals surface area contributed by atoms with E-state index in [-0.39, 0.29) is 0 Å². The highest BCUT2D eigenvalue weighted by Gasteiger charge is 2.06. The summed E-state index contributed by atoms with van der Waals surface area (Å²) in [5.41, 5.74) is 2.50. The zero-order valence-corrected chi connectivity index (χ0v) is 12.3. The first-order valence-corrected chi connectivity index (χ1v) is 7.07. The van der Waals surface area contributed by atoms with Gasteiger partial charge in [-0.25, -0.2) is 0 Å². The van der Waals surface area contributed by atoms with Crippen LogP contribution in [0.25, 0.3) is 0 Å². The van der Waals surface area contributed by atoms with Gasteiger partial charge in [0, 0.05) is 12.1 Å². The predicted octanol–water partition coefficient (Wildman–Crippen LogP) is 3.92. The van der Waals surface area contributed by atoms with E-state index in [9.17, 15) is 0 Å². The number of hydrogen-bond acceptors (Lipinski definition) is 2. The Morgan fingerprint density at radius 3 is 2.72 bits per heavy atom. The second kappa shape index (κ2) is 8.15. The van der Waals surface area contributed by atoms with Crippen molar-refractivity contribution in [2.24, 2.45) is 5.92 Å². The SMILES string of the molecule is CCNCc1cccc(C)c1OCCCC(C)C. The third-order valence-corrected chi connectivity index (χ3v) is 3.03. The average molecular weight is 249 g/mol.